The molecular formula is C14H20O4. The summed E-state index contributed by atoms with van der Waals surface area (Å²) in [5.41, 5.74) is 0. The Bertz CT molecular complexity index is 363. The monoisotopic (exact) mass is 252 g/mol. The Morgan fingerprint density at radius 2 is 1.78 bits per heavy atom. The van der Waals surface area contributed by atoms with E-state index < -0.39 is 6.10 Å². The van der Waals surface area contributed by atoms with Crippen LogP contribution in [0.1, 0.15) is 20.3 Å². The number of benzene rings is 1. The fourth-order valence-electron chi connectivity index (χ4n) is 2.04. The summed E-state index contributed by atoms with van der Waals surface area (Å²) < 4.78 is 16.6. The van der Waals surface area contributed by atoms with Crippen molar-refractivity contribution in [2.45, 2.75) is 38.6 Å². The lowest BCUT2D eigenvalue weighted by Crippen LogP contribution is -2.55. The summed E-state index contributed by atoms with van der Waals surface area (Å²) in [6.45, 7) is 5.11. The molecule has 0 amide bonds. The van der Waals surface area contributed by atoms with E-state index in [1.165, 1.54) is 0 Å². The molecule has 0 saturated heterocycles. The zero-order chi connectivity index (χ0) is 13.0. The predicted octanol–water partition coefficient (Wildman–Crippen LogP) is 2.00. The van der Waals surface area contributed by atoms with Crippen molar-refractivity contribution in [1.82, 2.24) is 0 Å². The van der Waals surface area contributed by atoms with Crippen molar-refractivity contribution in [3.05, 3.63) is 24.3 Å². The average molecular weight is 252 g/mol. The summed E-state index contributed by atoms with van der Waals surface area (Å²) in [6, 6.07) is 7.50. The fourth-order valence-corrected chi connectivity index (χ4v) is 2.04. The van der Waals surface area contributed by atoms with Gasteiger partial charge in [-0.3, -0.25) is 0 Å². The first-order chi connectivity index (χ1) is 8.74. The standard InChI is InChI=1S/C14H20O4/c1-3-16-10-5-7-11(8-6-10)18-13-9-12(15)14(13)17-4-2/h5-8,12-15H,3-4,9H2,1-2H3. The number of rotatable bonds is 6. The van der Waals surface area contributed by atoms with Crippen molar-refractivity contribution in [3.63, 3.8) is 0 Å². The number of hydrogen-bond donors (Lipinski definition) is 1. The Labute approximate surface area is 107 Å². The topological polar surface area (TPSA) is 47.9 Å². The van der Waals surface area contributed by atoms with Crippen molar-refractivity contribution in [2.24, 2.45) is 0 Å². The molecule has 1 aliphatic rings. The molecule has 1 saturated carbocycles. The molecule has 0 aromatic heterocycles. The summed E-state index contributed by atoms with van der Waals surface area (Å²) >= 11 is 0. The van der Waals surface area contributed by atoms with Gasteiger partial charge in [0.25, 0.3) is 0 Å². The zero-order valence-corrected chi connectivity index (χ0v) is 10.8. The lowest BCUT2D eigenvalue weighted by atomic mass is 9.88. The third kappa shape index (κ3) is 2.94. The Kier molecular flexibility index (Phi) is 4.44. The van der Waals surface area contributed by atoms with Gasteiger partial charge in [-0.1, -0.05) is 0 Å². The van der Waals surface area contributed by atoms with Crippen LogP contribution in [0.5, 0.6) is 11.5 Å². The van der Waals surface area contributed by atoms with Crippen LogP contribution in [0.15, 0.2) is 24.3 Å². The van der Waals surface area contributed by atoms with Crippen molar-refractivity contribution in [2.75, 3.05) is 13.2 Å². The summed E-state index contributed by atoms with van der Waals surface area (Å²) in [7, 11) is 0. The molecule has 4 nitrogen and oxygen atoms in total. The first-order valence-corrected chi connectivity index (χ1v) is 6.43. The van der Waals surface area contributed by atoms with Crippen molar-refractivity contribution in [3.8, 4) is 11.5 Å². The molecule has 0 heterocycles. The minimum absolute atomic E-state index is 0.0575. The molecule has 100 valence electrons. The van der Waals surface area contributed by atoms with E-state index in [4.69, 9.17) is 14.2 Å². The normalized spacial score (nSPS) is 26.5. The Morgan fingerprint density at radius 3 is 2.33 bits per heavy atom. The highest BCUT2D eigenvalue weighted by molar-refractivity contribution is 5.31. The van der Waals surface area contributed by atoms with Crippen LogP contribution < -0.4 is 9.47 Å². The molecule has 4 heteroatoms. The second-order valence-corrected chi connectivity index (χ2v) is 4.28. The van der Waals surface area contributed by atoms with E-state index in [1.807, 2.05) is 38.1 Å². The van der Waals surface area contributed by atoms with Gasteiger partial charge < -0.3 is 19.3 Å². The summed E-state index contributed by atoms with van der Waals surface area (Å²) in [4.78, 5) is 0. The van der Waals surface area contributed by atoms with Crippen LogP contribution in [-0.2, 0) is 4.74 Å². The number of aliphatic hydroxyl groups is 1. The Morgan fingerprint density at radius 1 is 1.11 bits per heavy atom. The van der Waals surface area contributed by atoms with Gasteiger partial charge >= 0.3 is 0 Å². The van der Waals surface area contributed by atoms with Gasteiger partial charge in [-0.2, -0.15) is 0 Å². The lowest BCUT2D eigenvalue weighted by Gasteiger charge is -2.40. The molecule has 3 atom stereocenters. The van der Waals surface area contributed by atoms with Crippen LogP contribution in [-0.4, -0.2) is 36.6 Å². The second kappa shape index (κ2) is 6.07. The van der Waals surface area contributed by atoms with E-state index in [2.05, 4.69) is 0 Å². The van der Waals surface area contributed by atoms with E-state index in [9.17, 15) is 5.11 Å². The minimum atomic E-state index is -0.405. The van der Waals surface area contributed by atoms with E-state index >= 15 is 0 Å². The van der Waals surface area contributed by atoms with Crippen LogP contribution in [0.3, 0.4) is 0 Å². The van der Waals surface area contributed by atoms with Gasteiger partial charge in [0.05, 0.1) is 12.7 Å². The van der Waals surface area contributed by atoms with Gasteiger partial charge in [0, 0.05) is 13.0 Å². The molecule has 18 heavy (non-hydrogen) atoms. The van der Waals surface area contributed by atoms with E-state index in [0.717, 1.165) is 11.5 Å². The number of ether oxygens (including phenoxy) is 3. The molecule has 1 aromatic carbocycles. The molecular weight excluding hydrogens is 232 g/mol. The first-order valence-electron chi connectivity index (χ1n) is 6.43. The number of hydrogen-bond acceptors (Lipinski definition) is 4. The maximum atomic E-state index is 9.58. The third-order valence-electron chi connectivity index (χ3n) is 3.00. The van der Waals surface area contributed by atoms with Gasteiger partial charge in [0.15, 0.2) is 0 Å². The fraction of sp³-hybridized carbons (Fsp3) is 0.571. The average Bonchev–Trinajstić information content (AvgIpc) is 2.38. The lowest BCUT2D eigenvalue weighted by molar-refractivity contribution is -0.160. The van der Waals surface area contributed by atoms with Gasteiger partial charge in [-0.15, -0.1) is 0 Å². The van der Waals surface area contributed by atoms with Crippen LogP contribution in [0, 0.1) is 0 Å². The van der Waals surface area contributed by atoms with E-state index in [-0.39, 0.29) is 12.2 Å². The van der Waals surface area contributed by atoms with Crippen LogP contribution in [0.4, 0.5) is 0 Å². The molecule has 0 aliphatic heterocycles. The highest BCUT2D eigenvalue weighted by Gasteiger charge is 2.42. The number of aliphatic hydroxyl groups excluding tert-OH is 1. The molecule has 0 spiro atoms. The molecule has 1 fully saturated rings. The largest absolute Gasteiger partial charge is 0.494 e. The molecule has 1 N–H and O–H groups in total. The van der Waals surface area contributed by atoms with Crippen molar-refractivity contribution < 1.29 is 19.3 Å². The molecule has 3 unspecified atom stereocenters. The summed E-state index contributed by atoms with van der Waals surface area (Å²) in [5.74, 6) is 1.61. The minimum Gasteiger partial charge on any atom is -0.494 e. The maximum absolute atomic E-state index is 9.58. The molecule has 1 aliphatic carbocycles. The quantitative estimate of drug-likeness (QED) is 0.841. The van der Waals surface area contributed by atoms with E-state index in [1.54, 1.807) is 0 Å². The van der Waals surface area contributed by atoms with Crippen LogP contribution in [0.25, 0.3) is 0 Å². The van der Waals surface area contributed by atoms with Gasteiger partial charge in [0.1, 0.15) is 23.7 Å². The van der Waals surface area contributed by atoms with Crippen LogP contribution in [0.2, 0.25) is 0 Å². The maximum Gasteiger partial charge on any atom is 0.130 e. The first kappa shape index (κ1) is 13.2. The molecule has 0 radical (unpaired) electrons. The predicted molar refractivity (Wildman–Crippen MR) is 68.1 cm³/mol. The smallest absolute Gasteiger partial charge is 0.130 e. The second-order valence-electron chi connectivity index (χ2n) is 4.28. The third-order valence-corrected chi connectivity index (χ3v) is 3.00. The Balaban J connectivity index is 1.89. The van der Waals surface area contributed by atoms with Gasteiger partial charge in [0.2, 0.25) is 0 Å². The van der Waals surface area contributed by atoms with Crippen LogP contribution >= 0.6 is 0 Å². The summed E-state index contributed by atoms with van der Waals surface area (Å²) in [6.07, 6.45) is -0.0464. The Hall–Kier alpha value is -1.26. The molecule has 0 bridgehead atoms. The van der Waals surface area contributed by atoms with E-state index in [0.29, 0.717) is 19.6 Å². The highest BCUT2D eigenvalue weighted by atomic mass is 16.6. The van der Waals surface area contributed by atoms with Crippen molar-refractivity contribution in [1.29, 1.82) is 0 Å². The van der Waals surface area contributed by atoms with Crippen molar-refractivity contribution >= 4 is 0 Å². The summed E-state index contributed by atoms with van der Waals surface area (Å²) in [5, 5.41) is 9.58. The van der Waals surface area contributed by atoms with Gasteiger partial charge in [-0.25, -0.2) is 0 Å². The SMILES string of the molecule is CCOc1ccc(OC2CC(O)C2OCC)cc1. The highest BCUT2D eigenvalue weighted by Crippen LogP contribution is 2.29. The molecule has 1 aromatic rings. The van der Waals surface area contributed by atoms with Gasteiger partial charge in [-0.05, 0) is 38.1 Å². The molecule has 2 rings (SSSR count). The zero-order valence-electron chi connectivity index (χ0n) is 10.8.